The molecule has 2 heterocycles. The van der Waals surface area contributed by atoms with E-state index in [4.69, 9.17) is 0 Å². The number of halogens is 1. The summed E-state index contributed by atoms with van der Waals surface area (Å²) in [7, 11) is -2.77. The number of nitrogens with one attached hydrogen (secondary N) is 1. The Morgan fingerprint density at radius 1 is 1.42 bits per heavy atom. The summed E-state index contributed by atoms with van der Waals surface area (Å²) < 4.78 is 23.3. The Morgan fingerprint density at radius 2 is 2.16 bits per heavy atom. The smallest absolute Gasteiger partial charge is 0.151 e. The molecule has 0 radical (unpaired) electrons. The minimum atomic E-state index is -2.77. The Hall–Kier alpha value is 0.160. The summed E-state index contributed by atoms with van der Waals surface area (Å²) in [4.78, 5) is 2.43. The van der Waals surface area contributed by atoms with Crippen molar-refractivity contribution in [3.05, 3.63) is 0 Å². The highest BCUT2D eigenvalue weighted by molar-refractivity contribution is 7.91. The number of hydrogen-bond donors (Lipinski definition) is 1. The molecule has 2 fully saturated rings. The van der Waals surface area contributed by atoms with Gasteiger partial charge in [-0.05, 0) is 37.8 Å². The monoisotopic (exact) mass is 310 g/mol. The predicted molar refractivity (Wildman–Crippen MR) is 81.8 cm³/mol. The lowest BCUT2D eigenvalue weighted by atomic mass is 9.88. The molecule has 19 heavy (non-hydrogen) atoms. The molecule has 0 aromatic heterocycles. The minimum Gasteiger partial charge on any atom is -0.316 e. The van der Waals surface area contributed by atoms with Gasteiger partial charge in [0, 0.05) is 19.1 Å². The molecule has 1 N–H and O–H groups in total. The number of rotatable bonds is 5. The van der Waals surface area contributed by atoms with Crippen LogP contribution in [0.5, 0.6) is 0 Å². The maximum atomic E-state index is 11.6. The van der Waals surface area contributed by atoms with Crippen molar-refractivity contribution in [2.75, 3.05) is 37.7 Å². The summed E-state index contributed by atoms with van der Waals surface area (Å²) in [5.41, 5.74) is 0.321. The summed E-state index contributed by atoms with van der Waals surface area (Å²) in [6.07, 6.45) is 3.12. The third kappa shape index (κ3) is 4.59. The van der Waals surface area contributed by atoms with Gasteiger partial charge in [0.15, 0.2) is 9.84 Å². The average Bonchev–Trinajstić information content (AvgIpc) is 2.85. The van der Waals surface area contributed by atoms with Crippen molar-refractivity contribution in [3.63, 3.8) is 0 Å². The van der Waals surface area contributed by atoms with Crippen LogP contribution < -0.4 is 5.32 Å². The fourth-order valence-electron chi connectivity index (χ4n) is 3.24. The lowest BCUT2D eigenvalue weighted by Crippen LogP contribution is -2.44. The van der Waals surface area contributed by atoms with E-state index in [1.807, 2.05) is 0 Å². The first-order valence-electron chi connectivity index (χ1n) is 7.09. The van der Waals surface area contributed by atoms with Crippen molar-refractivity contribution in [1.82, 2.24) is 10.2 Å². The molecular formula is C13H27ClN2O2S. The van der Waals surface area contributed by atoms with Gasteiger partial charge in [-0.15, -0.1) is 12.4 Å². The van der Waals surface area contributed by atoms with Gasteiger partial charge in [-0.2, -0.15) is 0 Å². The molecule has 2 aliphatic rings. The quantitative estimate of drug-likeness (QED) is 0.832. The second-order valence-corrected chi connectivity index (χ2v) is 8.49. The third-order valence-corrected chi connectivity index (χ3v) is 6.03. The van der Waals surface area contributed by atoms with Crippen LogP contribution in [0.4, 0.5) is 0 Å². The molecule has 0 bridgehead atoms. The molecular weight excluding hydrogens is 284 g/mol. The van der Waals surface area contributed by atoms with E-state index in [1.54, 1.807) is 0 Å². The zero-order valence-electron chi connectivity index (χ0n) is 12.0. The molecule has 2 rings (SSSR count). The van der Waals surface area contributed by atoms with E-state index in [0.29, 0.717) is 16.9 Å². The third-order valence-electron chi connectivity index (χ3n) is 4.28. The van der Waals surface area contributed by atoms with Gasteiger partial charge in [-0.1, -0.05) is 13.8 Å². The first kappa shape index (κ1) is 17.2. The van der Waals surface area contributed by atoms with Gasteiger partial charge in [0.05, 0.1) is 11.5 Å². The predicted octanol–water partition coefficient (Wildman–Crippen LogP) is 1.31. The lowest BCUT2D eigenvalue weighted by Gasteiger charge is -2.35. The molecule has 6 heteroatoms. The van der Waals surface area contributed by atoms with E-state index in [1.165, 1.54) is 6.42 Å². The van der Waals surface area contributed by atoms with E-state index < -0.39 is 9.84 Å². The fraction of sp³-hybridized carbons (Fsp3) is 1.00. The normalized spacial score (nSPS) is 33.5. The summed E-state index contributed by atoms with van der Waals surface area (Å²) >= 11 is 0. The van der Waals surface area contributed by atoms with Gasteiger partial charge in [0.25, 0.3) is 0 Å². The van der Waals surface area contributed by atoms with Crippen LogP contribution >= 0.6 is 12.4 Å². The molecule has 0 spiro atoms. The van der Waals surface area contributed by atoms with Crippen molar-refractivity contribution >= 4 is 22.2 Å². The number of nitrogens with zero attached hydrogens (tertiary/aromatic N) is 1. The van der Waals surface area contributed by atoms with Crippen LogP contribution in [0.3, 0.4) is 0 Å². The Kier molecular flexibility index (Phi) is 6.11. The van der Waals surface area contributed by atoms with Crippen LogP contribution in [0.15, 0.2) is 0 Å². The van der Waals surface area contributed by atoms with Crippen LogP contribution in [0.2, 0.25) is 0 Å². The van der Waals surface area contributed by atoms with E-state index >= 15 is 0 Å². The first-order chi connectivity index (χ1) is 8.44. The highest BCUT2D eigenvalue weighted by Gasteiger charge is 2.36. The van der Waals surface area contributed by atoms with Crippen LogP contribution in [-0.2, 0) is 9.84 Å². The lowest BCUT2D eigenvalue weighted by molar-refractivity contribution is 0.139. The summed E-state index contributed by atoms with van der Waals surface area (Å²) in [5, 5.41) is 3.42. The van der Waals surface area contributed by atoms with Crippen molar-refractivity contribution in [1.29, 1.82) is 0 Å². The molecule has 2 atom stereocenters. The second-order valence-electron chi connectivity index (χ2n) is 6.26. The van der Waals surface area contributed by atoms with E-state index in [2.05, 4.69) is 24.1 Å². The molecule has 0 amide bonds. The largest absolute Gasteiger partial charge is 0.316 e. The van der Waals surface area contributed by atoms with Gasteiger partial charge in [-0.3, -0.25) is 4.90 Å². The highest BCUT2D eigenvalue weighted by Crippen LogP contribution is 2.28. The molecule has 2 unspecified atom stereocenters. The van der Waals surface area contributed by atoms with Crippen LogP contribution in [0.1, 0.15) is 33.1 Å². The van der Waals surface area contributed by atoms with Crippen LogP contribution in [-0.4, -0.2) is 57.0 Å². The highest BCUT2D eigenvalue weighted by atomic mass is 35.5. The Morgan fingerprint density at radius 3 is 2.63 bits per heavy atom. The van der Waals surface area contributed by atoms with Crippen LogP contribution in [0.25, 0.3) is 0 Å². The molecule has 0 aliphatic carbocycles. The molecule has 0 saturated carbocycles. The van der Waals surface area contributed by atoms with Gasteiger partial charge >= 0.3 is 0 Å². The van der Waals surface area contributed by atoms with Crippen molar-refractivity contribution in [2.45, 2.75) is 39.2 Å². The van der Waals surface area contributed by atoms with Gasteiger partial charge < -0.3 is 5.32 Å². The van der Waals surface area contributed by atoms with E-state index in [-0.39, 0.29) is 18.4 Å². The molecule has 2 aliphatic heterocycles. The zero-order chi connectivity index (χ0) is 13.2. The van der Waals surface area contributed by atoms with Crippen LogP contribution in [0, 0.1) is 5.41 Å². The number of hydrogen-bond acceptors (Lipinski definition) is 4. The maximum Gasteiger partial charge on any atom is 0.151 e. The second kappa shape index (κ2) is 6.74. The summed E-state index contributed by atoms with van der Waals surface area (Å²) in [5.74, 6) is 0.753. The average molecular weight is 311 g/mol. The Balaban J connectivity index is 0.00000180. The molecule has 2 saturated heterocycles. The SMILES string of the molecule is CCCN(CC1(C)CCNC1)C1CCS(=O)(=O)C1.Cl. The van der Waals surface area contributed by atoms with Gasteiger partial charge in [0.2, 0.25) is 0 Å². The van der Waals surface area contributed by atoms with Crippen molar-refractivity contribution < 1.29 is 8.42 Å². The van der Waals surface area contributed by atoms with Gasteiger partial charge in [-0.25, -0.2) is 8.42 Å². The van der Waals surface area contributed by atoms with E-state index in [9.17, 15) is 8.42 Å². The van der Waals surface area contributed by atoms with Crippen molar-refractivity contribution in [3.8, 4) is 0 Å². The van der Waals surface area contributed by atoms with E-state index in [0.717, 1.165) is 39.0 Å². The Bertz CT molecular complexity index is 380. The molecule has 0 aromatic rings. The maximum absolute atomic E-state index is 11.6. The fourth-order valence-corrected chi connectivity index (χ4v) is 5.00. The summed E-state index contributed by atoms with van der Waals surface area (Å²) in [6.45, 7) is 8.71. The van der Waals surface area contributed by atoms with Crippen molar-refractivity contribution in [2.24, 2.45) is 5.41 Å². The van der Waals surface area contributed by atoms with Gasteiger partial charge in [0.1, 0.15) is 0 Å². The first-order valence-corrected chi connectivity index (χ1v) is 8.91. The molecule has 114 valence electrons. The topological polar surface area (TPSA) is 49.4 Å². The standard InChI is InChI=1S/C13H26N2O2S.ClH/c1-3-7-15(11-13(2)5-6-14-10-13)12-4-8-18(16,17)9-12;/h12,14H,3-11H2,1-2H3;1H. The molecule has 4 nitrogen and oxygen atoms in total. The Labute approximate surface area is 123 Å². The zero-order valence-corrected chi connectivity index (χ0v) is 13.7. The summed E-state index contributed by atoms with van der Waals surface area (Å²) in [6, 6.07) is 0.257. The minimum absolute atomic E-state index is 0. The number of sulfone groups is 1. The molecule has 0 aromatic carbocycles.